The van der Waals surface area contributed by atoms with Crippen LogP contribution in [-0.4, -0.2) is 37.7 Å². The molecular formula is C7H18N2S2. The van der Waals surface area contributed by atoms with E-state index in [1.54, 1.807) is 0 Å². The smallest absolute Gasteiger partial charge is 0.00770 e. The van der Waals surface area contributed by atoms with Crippen LogP contribution in [0.15, 0.2) is 0 Å². The van der Waals surface area contributed by atoms with Gasteiger partial charge in [0.25, 0.3) is 0 Å². The SMILES string of the molecule is SCCCNCCNCCS. The van der Waals surface area contributed by atoms with Crippen LogP contribution in [0.3, 0.4) is 0 Å². The van der Waals surface area contributed by atoms with Gasteiger partial charge in [-0.2, -0.15) is 25.3 Å². The third kappa shape index (κ3) is 10.6. The second-order valence-electron chi connectivity index (χ2n) is 2.30. The Balaban J connectivity index is 2.69. The topological polar surface area (TPSA) is 24.1 Å². The number of hydrogen-bond donors (Lipinski definition) is 4. The van der Waals surface area contributed by atoms with Gasteiger partial charge in [0, 0.05) is 25.4 Å². The molecule has 0 spiro atoms. The summed E-state index contributed by atoms with van der Waals surface area (Å²) in [4.78, 5) is 0. The first-order valence-corrected chi connectivity index (χ1v) is 5.31. The first-order valence-electron chi connectivity index (χ1n) is 4.05. The average molecular weight is 194 g/mol. The van der Waals surface area contributed by atoms with E-state index < -0.39 is 0 Å². The molecular weight excluding hydrogens is 176 g/mol. The molecule has 2 N–H and O–H groups in total. The summed E-state index contributed by atoms with van der Waals surface area (Å²) in [6, 6.07) is 0. The molecule has 0 saturated carbocycles. The molecule has 0 aromatic carbocycles. The molecule has 0 rings (SSSR count). The quantitative estimate of drug-likeness (QED) is 0.332. The summed E-state index contributed by atoms with van der Waals surface area (Å²) >= 11 is 8.20. The Bertz CT molecular complexity index is 63.5. The molecule has 4 heteroatoms. The number of hydrogen-bond acceptors (Lipinski definition) is 4. The summed E-state index contributed by atoms with van der Waals surface area (Å²) < 4.78 is 0. The Morgan fingerprint density at radius 3 is 1.91 bits per heavy atom. The third-order valence-electron chi connectivity index (χ3n) is 1.28. The summed E-state index contributed by atoms with van der Waals surface area (Å²) in [6.45, 7) is 4.15. The van der Waals surface area contributed by atoms with E-state index in [4.69, 9.17) is 0 Å². The Hall–Kier alpha value is 0.620. The Morgan fingerprint density at radius 1 is 0.727 bits per heavy atom. The Labute approximate surface area is 80.3 Å². The predicted molar refractivity (Wildman–Crippen MR) is 58.1 cm³/mol. The lowest BCUT2D eigenvalue weighted by Gasteiger charge is -2.03. The van der Waals surface area contributed by atoms with Crippen molar-refractivity contribution in [1.29, 1.82) is 0 Å². The molecule has 0 unspecified atom stereocenters. The molecule has 0 radical (unpaired) electrons. The van der Waals surface area contributed by atoms with Crippen LogP contribution in [0.2, 0.25) is 0 Å². The van der Waals surface area contributed by atoms with Gasteiger partial charge >= 0.3 is 0 Å². The summed E-state index contributed by atoms with van der Waals surface area (Å²) in [5.74, 6) is 1.88. The van der Waals surface area contributed by atoms with E-state index in [1.165, 1.54) is 0 Å². The van der Waals surface area contributed by atoms with Crippen molar-refractivity contribution in [1.82, 2.24) is 10.6 Å². The van der Waals surface area contributed by atoms with Crippen LogP contribution in [0.1, 0.15) is 6.42 Å². The fourth-order valence-electron chi connectivity index (χ4n) is 0.710. The number of thiol groups is 2. The van der Waals surface area contributed by atoms with E-state index in [-0.39, 0.29) is 0 Å². The van der Waals surface area contributed by atoms with Gasteiger partial charge in [-0.25, -0.2) is 0 Å². The number of rotatable bonds is 8. The van der Waals surface area contributed by atoms with Crippen molar-refractivity contribution in [3.05, 3.63) is 0 Å². The third-order valence-corrected chi connectivity index (χ3v) is 1.82. The number of nitrogens with one attached hydrogen (secondary N) is 2. The van der Waals surface area contributed by atoms with E-state index in [0.29, 0.717) is 0 Å². The molecule has 0 saturated heterocycles. The van der Waals surface area contributed by atoms with E-state index >= 15 is 0 Å². The van der Waals surface area contributed by atoms with Gasteiger partial charge in [0.2, 0.25) is 0 Å². The maximum Gasteiger partial charge on any atom is 0.00770 e. The molecule has 0 aliphatic carbocycles. The van der Waals surface area contributed by atoms with E-state index in [0.717, 1.165) is 44.1 Å². The van der Waals surface area contributed by atoms with Gasteiger partial charge in [0.05, 0.1) is 0 Å². The molecule has 0 bridgehead atoms. The molecule has 0 aromatic rings. The molecule has 0 aliphatic rings. The monoisotopic (exact) mass is 194 g/mol. The van der Waals surface area contributed by atoms with Crippen LogP contribution < -0.4 is 10.6 Å². The first kappa shape index (κ1) is 11.6. The molecule has 0 heterocycles. The summed E-state index contributed by atoms with van der Waals surface area (Å²) in [7, 11) is 0. The van der Waals surface area contributed by atoms with Gasteiger partial charge < -0.3 is 10.6 Å². The van der Waals surface area contributed by atoms with Crippen molar-refractivity contribution in [3.8, 4) is 0 Å². The molecule has 0 aromatic heterocycles. The lowest BCUT2D eigenvalue weighted by atomic mass is 10.4. The van der Waals surface area contributed by atoms with Crippen LogP contribution in [0.5, 0.6) is 0 Å². The summed E-state index contributed by atoms with van der Waals surface area (Å²) in [6.07, 6.45) is 1.15. The average Bonchev–Trinajstić information content (AvgIpc) is 2.03. The van der Waals surface area contributed by atoms with Gasteiger partial charge in [0.15, 0.2) is 0 Å². The molecule has 2 nitrogen and oxygen atoms in total. The minimum atomic E-state index is 0.913. The normalized spacial score (nSPS) is 10.4. The van der Waals surface area contributed by atoms with Crippen molar-refractivity contribution in [2.75, 3.05) is 37.7 Å². The minimum Gasteiger partial charge on any atom is -0.315 e. The van der Waals surface area contributed by atoms with Gasteiger partial charge in [0.1, 0.15) is 0 Å². The predicted octanol–water partition coefficient (Wildman–Crippen LogP) is 0.415. The standard InChI is InChI=1S/C7H18N2S2/c10-6-1-2-8-3-4-9-5-7-11/h8-11H,1-7H2. The van der Waals surface area contributed by atoms with Crippen molar-refractivity contribution >= 4 is 25.3 Å². The minimum absolute atomic E-state index is 0.913. The van der Waals surface area contributed by atoms with Gasteiger partial charge in [-0.3, -0.25) is 0 Å². The lowest BCUT2D eigenvalue weighted by molar-refractivity contribution is 0.623. The zero-order valence-electron chi connectivity index (χ0n) is 6.84. The highest BCUT2D eigenvalue weighted by atomic mass is 32.1. The second kappa shape index (κ2) is 10.6. The molecule has 0 fully saturated rings. The Morgan fingerprint density at radius 2 is 1.36 bits per heavy atom. The first-order chi connectivity index (χ1) is 5.41. The van der Waals surface area contributed by atoms with Crippen molar-refractivity contribution < 1.29 is 0 Å². The van der Waals surface area contributed by atoms with Gasteiger partial charge in [-0.05, 0) is 18.7 Å². The van der Waals surface area contributed by atoms with Crippen molar-refractivity contribution in [3.63, 3.8) is 0 Å². The van der Waals surface area contributed by atoms with Crippen molar-refractivity contribution in [2.24, 2.45) is 0 Å². The summed E-state index contributed by atoms with van der Waals surface area (Å²) in [5, 5.41) is 6.56. The largest absolute Gasteiger partial charge is 0.315 e. The molecule has 11 heavy (non-hydrogen) atoms. The zero-order chi connectivity index (χ0) is 8.36. The van der Waals surface area contributed by atoms with E-state index in [9.17, 15) is 0 Å². The van der Waals surface area contributed by atoms with Crippen LogP contribution in [0.25, 0.3) is 0 Å². The van der Waals surface area contributed by atoms with Crippen LogP contribution in [-0.2, 0) is 0 Å². The Kier molecular flexibility index (Phi) is 11.2. The lowest BCUT2D eigenvalue weighted by Crippen LogP contribution is -2.29. The highest BCUT2D eigenvalue weighted by Crippen LogP contribution is 1.78. The van der Waals surface area contributed by atoms with E-state index in [1.807, 2.05) is 0 Å². The molecule has 0 amide bonds. The van der Waals surface area contributed by atoms with Crippen LogP contribution >= 0.6 is 25.3 Å². The van der Waals surface area contributed by atoms with Gasteiger partial charge in [-0.1, -0.05) is 0 Å². The maximum atomic E-state index is 4.11. The van der Waals surface area contributed by atoms with Crippen LogP contribution in [0.4, 0.5) is 0 Å². The fraction of sp³-hybridized carbons (Fsp3) is 1.00. The van der Waals surface area contributed by atoms with Crippen LogP contribution in [0, 0.1) is 0 Å². The summed E-state index contributed by atoms with van der Waals surface area (Å²) in [5.41, 5.74) is 0. The highest BCUT2D eigenvalue weighted by molar-refractivity contribution is 7.80. The molecule has 68 valence electrons. The maximum absolute atomic E-state index is 4.11. The molecule has 0 aliphatic heterocycles. The second-order valence-corrected chi connectivity index (χ2v) is 3.20. The highest BCUT2D eigenvalue weighted by Gasteiger charge is 1.85. The van der Waals surface area contributed by atoms with Crippen molar-refractivity contribution in [2.45, 2.75) is 6.42 Å². The van der Waals surface area contributed by atoms with E-state index in [2.05, 4.69) is 35.9 Å². The fourth-order valence-corrected chi connectivity index (χ4v) is 1.03. The molecule has 0 atom stereocenters. The van der Waals surface area contributed by atoms with Gasteiger partial charge in [-0.15, -0.1) is 0 Å². The zero-order valence-corrected chi connectivity index (χ0v) is 8.63.